The molecule has 5 rings (SSSR count). The number of carbonyl (C=O) groups is 1. The summed E-state index contributed by atoms with van der Waals surface area (Å²) in [6, 6.07) is 17.1. The molecule has 0 radical (unpaired) electrons. The second-order valence-corrected chi connectivity index (χ2v) is 10.2. The summed E-state index contributed by atoms with van der Waals surface area (Å²) in [6.45, 7) is 5.72. The zero-order valence-corrected chi connectivity index (χ0v) is 20.5. The summed E-state index contributed by atoms with van der Waals surface area (Å²) in [5.41, 5.74) is 4.56. The molecular weight excluding hydrogens is 464 g/mol. The Morgan fingerprint density at radius 1 is 1.03 bits per heavy atom. The van der Waals surface area contributed by atoms with E-state index in [1.165, 1.54) is 33.6 Å². The standard InChI is InChI=1S/C26H22N4O2S2/c1-15-9-11-19(12-10-15)21-17(3)34-24-22(21)25(32)30(14-27-24)16(2)23(31)29-26-28-20(13-33-26)18-7-5-4-6-8-18/h4-14,16H,1-3H3,(H,28,29,31). The topological polar surface area (TPSA) is 76.9 Å². The molecule has 3 aromatic heterocycles. The predicted molar refractivity (Wildman–Crippen MR) is 140 cm³/mol. The summed E-state index contributed by atoms with van der Waals surface area (Å²) in [5.74, 6) is -0.318. The molecule has 0 fully saturated rings. The molecule has 0 bridgehead atoms. The third kappa shape index (κ3) is 4.06. The molecule has 0 saturated heterocycles. The average molecular weight is 487 g/mol. The van der Waals surface area contributed by atoms with E-state index in [9.17, 15) is 9.59 Å². The van der Waals surface area contributed by atoms with Gasteiger partial charge >= 0.3 is 0 Å². The second kappa shape index (κ2) is 8.96. The quantitative estimate of drug-likeness (QED) is 0.327. The lowest BCUT2D eigenvalue weighted by molar-refractivity contribution is -0.118. The minimum Gasteiger partial charge on any atom is -0.300 e. The second-order valence-electron chi connectivity index (χ2n) is 8.11. The number of nitrogens with one attached hydrogen (secondary N) is 1. The van der Waals surface area contributed by atoms with Crippen molar-refractivity contribution in [1.29, 1.82) is 0 Å². The minimum absolute atomic E-state index is 0.225. The number of thiazole rings is 1. The van der Waals surface area contributed by atoms with Crippen LogP contribution < -0.4 is 10.9 Å². The van der Waals surface area contributed by atoms with Gasteiger partial charge in [-0.2, -0.15) is 0 Å². The normalized spacial score (nSPS) is 12.1. The maximum absolute atomic E-state index is 13.5. The van der Waals surface area contributed by atoms with Gasteiger partial charge in [-0.15, -0.1) is 22.7 Å². The number of fused-ring (bicyclic) bond motifs is 1. The molecule has 170 valence electrons. The van der Waals surface area contributed by atoms with Gasteiger partial charge in [-0.3, -0.25) is 14.2 Å². The zero-order chi connectivity index (χ0) is 23.8. The first kappa shape index (κ1) is 22.2. The van der Waals surface area contributed by atoms with E-state index in [4.69, 9.17) is 0 Å². The van der Waals surface area contributed by atoms with E-state index in [1.54, 1.807) is 6.92 Å². The van der Waals surface area contributed by atoms with Crippen molar-refractivity contribution in [1.82, 2.24) is 14.5 Å². The first-order chi connectivity index (χ1) is 16.4. The van der Waals surface area contributed by atoms with Gasteiger partial charge < -0.3 is 5.32 Å². The first-order valence-corrected chi connectivity index (χ1v) is 12.5. The number of anilines is 1. The van der Waals surface area contributed by atoms with Crippen molar-refractivity contribution < 1.29 is 4.79 Å². The van der Waals surface area contributed by atoms with E-state index in [1.807, 2.05) is 73.8 Å². The molecular formula is C26H22N4O2S2. The number of aromatic nitrogens is 3. The Morgan fingerprint density at radius 2 is 1.76 bits per heavy atom. The molecule has 1 atom stereocenters. The van der Waals surface area contributed by atoms with Gasteiger partial charge in [0, 0.05) is 21.4 Å². The van der Waals surface area contributed by atoms with Crippen LogP contribution in [-0.2, 0) is 4.79 Å². The number of hydrogen-bond donors (Lipinski definition) is 1. The highest BCUT2D eigenvalue weighted by atomic mass is 32.1. The highest BCUT2D eigenvalue weighted by molar-refractivity contribution is 7.19. The third-order valence-corrected chi connectivity index (χ3v) is 7.53. The Bertz CT molecular complexity index is 1550. The van der Waals surface area contributed by atoms with Crippen LogP contribution in [-0.4, -0.2) is 20.4 Å². The maximum Gasteiger partial charge on any atom is 0.263 e. The molecule has 1 amide bonds. The van der Waals surface area contributed by atoms with Gasteiger partial charge in [-0.05, 0) is 26.3 Å². The highest BCUT2D eigenvalue weighted by Gasteiger charge is 2.22. The highest BCUT2D eigenvalue weighted by Crippen LogP contribution is 2.35. The molecule has 1 N–H and O–H groups in total. The molecule has 0 aliphatic rings. The summed E-state index contributed by atoms with van der Waals surface area (Å²) in [5, 5.41) is 5.79. The monoisotopic (exact) mass is 486 g/mol. The third-order valence-electron chi connectivity index (χ3n) is 5.75. The van der Waals surface area contributed by atoms with Crippen LogP contribution in [0.3, 0.4) is 0 Å². The Balaban J connectivity index is 1.46. The summed E-state index contributed by atoms with van der Waals surface area (Å²) in [6.07, 6.45) is 1.46. The molecule has 8 heteroatoms. The van der Waals surface area contributed by atoms with Crippen molar-refractivity contribution in [3.05, 3.63) is 87.1 Å². The Morgan fingerprint density at radius 3 is 2.50 bits per heavy atom. The van der Waals surface area contributed by atoms with E-state index in [0.29, 0.717) is 15.3 Å². The van der Waals surface area contributed by atoms with Crippen molar-refractivity contribution >= 4 is 43.9 Å². The van der Waals surface area contributed by atoms with Gasteiger partial charge in [-0.25, -0.2) is 9.97 Å². The lowest BCUT2D eigenvalue weighted by atomic mass is 10.0. The van der Waals surface area contributed by atoms with Gasteiger partial charge in [0.1, 0.15) is 10.9 Å². The summed E-state index contributed by atoms with van der Waals surface area (Å²) in [4.78, 5) is 37.3. The van der Waals surface area contributed by atoms with Gasteiger partial charge in [0.15, 0.2) is 5.13 Å². The predicted octanol–water partition coefficient (Wildman–Crippen LogP) is 6.07. The number of nitrogens with zero attached hydrogens (tertiary/aromatic N) is 3. The number of benzene rings is 2. The molecule has 0 saturated carbocycles. The van der Waals surface area contributed by atoms with E-state index in [-0.39, 0.29) is 11.5 Å². The lowest BCUT2D eigenvalue weighted by Crippen LogP contribution is -2.31. The van der Waals surface area contributed by atoms with Crippen LogP contribution in [0.15, 0.2) is 71.1 Å². The summed E-state index contributed by atoms with van der Waals surface area (Å²) >= 11 is 2.84. The Hall–Kier alpha value is -3.62. The van der Waals surface area contributed by atoms with E-state index in [0.717, 1.165) is 32.8 Å². The van der Waals surface area contributed by atoms with E-state index < -0.39 is 6.04 Å². The number of hydrogen-bond acceptors (Lipinski definition) is 6. The molecule has 5 aromatic rings. The average Bonchev–Trinajstić information content (AvgIpc) is 3.44. The first-order valence-electron chi connectivity index (χ1n) is 10.8. The summed E-state index contributed by atoms with van der Waals surface area (Å²) < 4.78 is 1.40. The van der Waals surface area contributed by atoms with Crippen LogP contribution in [0, 0.1) is 13.8 Å². The molecule has 34 heavy (non-hydrogen) atoms. The number of aryl methyl sites for hydroxylation is 2. The van der Waals surface area contributed by atoms with Crippen LogP contribution in [0.2, 0.25) is 0 Å². The fourth-order valence-electron chi connectivity index (χ4n) is 3.87. The lowest BCUT2D eigenvalue weighted by Gasteiger charge is -2.14. The smallest absolute Gasteiger partial charge is 0.263 e. The van der Waals surface area contributed by atoms with E-state index in [2.05, 4.69) is 15.3 Å². The van der Waals surface area contributed by atoms with Gasteiger partial charge in [-0.1, -0.05) is 60.2 Å². The Kier molecular flexibility index (Phi) is 5.85. The van der Waals surface area contributed by atoms with Gasteiger partial charge in [0.25, 0.3) is 5.56 Å². The minimum atomic E-state index is -0.750. The molecule has 0 aliphatic carbocycles. The number of thiophene rings is 1. The largest absolute Gasteiger partial charge is 0.300 e. The number of rotatable bonds is 5. The fraction of sp³-hybridized carbons (Fsp3) is 0.154. The SMILES string of the molecule is Cc1ccc(-c2c(C)sc3ncn(C(C)C(=O)Nc4nc(-c5ccccc5)cs4)c(=O)c23)cc1. The van der Waals surface area contributed by atoms with Gasteiger partial charge in [0.2, 0.25) is 5.91 Å². The Labute approximate surface area is 204 Å². The van der Waals surface area contributed by atoms with Crippen molar-refractivity contribution in [3.8, 4) is 22.4 Å². The molecule has 1 unspecified atom stereocenters. The molecule has 0 aliphatic heterocycles. The van der Waals surface area contributed by atoms with Crippen molar-refractivity contribution in [2.45, 2.75) is 26.8 Å². The van der Waals surface area contributed by atoms with Gasteiger partial charge in [0.05, 0.1) is 17.4 Å². The molecule has 2 aromatic carbocycles. The van der Waals surface area contributed by atoms with E-state index >= 15 is 0 Å². The van der Waals surface area contributed by atoms with Crippen LogP contribution in [0.5, 0.6) is 0 Å². The maximum atomic E-state index is 13.5. The fourth-order valence-corrected chi connectivity index (χ4v) is 5.59. The van der Waals surface area contributed by atoms with Crippen LogP contribution in [0.25, 0.3) is 32.6 Å². The van der Waals surface area contributed by atoms with Crippen molar-refractivity contribution in [2.24, 2.45) is 0 Å². The summed E-state index contributed by atoms with van der Waals surface area (Å²) in [7, 11) is 0. The van der Waals surface area contributed by atoms with Crippen molar-refractivity contribution in [3.63, 3.8) is 0 Å². The van der Waals surface area contributed by atoms with Crippen molar-refractivity contribution in [2.75, 3.05) is 5.32 Å². The zero-order valence-electron chi connectivity index (χ0n) is 18.9. The number of amides is 1. The molecule has 6 nitrogen and oxygen atoms in total. The van der Waals surface area contributed by atoms with Crippen LogP contribution in [0.4, 0.5) is 5.13 Å². The molecule has 0 spiro atoms. The van der Waals surface area contributed by atoms with Crippen LogP contribution in [0.1, 0.15) is 23.4 Å². The van der Waals surface area contributed by atoms with Crippen LogP contribution >= 0.6 is 22.7 Å². The molecule has 3 heterocycles. The number of carbonyl (C=O) groups excluding carboxylic acids is 1.